The number of carboxylic acid groups (broad SMARTS) is 1. The third-order valence-electron chi connectivity index (χ3n) is 7.47. The van der Waals surface area contributed by atoms with Crippen molar-refractivity contribution in [2.24, 2.45) is 18.0 Å². The van der Waals surface area contributed by atoms with E-state index in [4.69, 9.17) is 0 Å². The number of rotatable bonds is 7. The Bertz CT molecular complexity index is 1840. The van der Waals surface area contributed by atoms with Crippen LogP contribution in [0.1, 0.15) is 51.5 Å². The van der Waals surface area contributed by atoms with Crippen molar-refractivity contribution >= 4 is 12.0 Å². The molecule has 1 aromatic heterocycles. The first-order chi connectivity index (χ1) is 20.7. The zero-order chi connectivity index (χ0) is 31.9. The SMILES string of the molecule is Cc1cc([C@@H](NC(=O)c2cc(Cn3ccn(C)/c3=N/C(=O)O)cc(-c3ccc(F)cc3C(F)(F)F)c2F)C2CC2)ccc1F. The maximum atomic E-state index is 16.2. The van der Waals surface area contributed by atoms with Crippen LogP contribution in [0.5, 0.6) is 0 Å². The van der Waals surface area contributed by atoms with E-state index in [0.29, 0.717) is 11.1 Å². The highest BCUT2D eigenvalue weighted by atomic mass is 19.4. The molecule has 0 aliphatic heterocycles. The minimum absolute atomic E-state index is 0.0106. The first-order valence-corrected chi connectivity index (χ1v) is 13.5. The Hall–Kier alpha value is -4.81. The van der Waals surface area contributed by atoms with Crippen LogP contribution in [0, 0.1) is 30.3 Å². The van der Waals surface area contributed by atoms with E-state index in [9.17, 15) is 36.6 Å². The number of imidazole rings is 1. The molecule has 44 heavy (non-hydrogen) atoms. The van der Waals surface area contributed by atoms with Crippen molar-refractivity contribution in [2.75, 3.05) is 0 Å². The predicted molar refractivity (Wildman–Crippen MR) is 147 cm³/mol. The molecule has 0 saturated heterocycles. The molecule has 1 aliphatic rings. The highest BCUT2D eigenvalue weighted by Crippen LogP contribution is 2.42. The van der Waals surface area contributed by atoms with Crippen molar-refractivity contribution in [1.82, 2.24) is 14.5 Å². The van der Waals surface area contributed by atoms with Gasteiger partial charge in [-0.25, -0.2) is 18.0 Å². The van der Waals surface area contributed by atoms with E-state index in [2.05, 4.69) is 10.3 Å². The average Bonchev–Trinajstić information content (AvgIpc) is 3.74. The Morgan fingerprint density at radius 2 is 1.75 bits per heavy atom. The fourth-order valence-electron chi connectivity index (χ4n) is 5.17. The fourth-order valence-corrected chi connectivity index (χ4v) is 5.17. The molecule has 13 heteroatoms. The van der Waals surface area contributed by atoms with Gasteiger partial charge >= 0.3 is 12.3 Å². The molecule has 0 bridgehead atoms. The number of nitrogens with one attached hydrogen (secondary N) is 1. The summed E-state index contributed by atoms with van der Waals surface area (Å²) < 4.78 is 88.7. The molecule has 0 radical (unpaired) electrons. The second-order valence-corrected chi connectivity index (χ2v) is 10.7. The number of halogens is 6. The molecule has 1 atom stereocenters. The first kappa shape index (κ1) is 30.6. The lowest BCUT2D eigenvalue weighted by molar-refractivity contribution is -0.137. The number of hydrogen-bond acceptors (Lipinski definition) is 2. The number of carbonyl (C=O) groups excluding carboxylic acids is 1. The second kappa shape index (κ2) is 11.7. The van der Waals surface area contributed by atoms with Gasteiger partial charge in [0.1, 0.15) is 17.5 Å². The van der Waals surface area contributed by atoms with Gasteiger partial charge in [-0.3, -0.25) is 4.79 Å². The summed E-state index contributed by atoms with van der Waals surface area (Å²) in [5.41, 5.74) is -2.26. The molecule has 7 nitrogen and oxygen atoms in total. The zero-order valence-electron chi connectivity index (χ0n) is 23.4. The van der Waals surface area contributed by atoms with E-state index in [1.807, 2.05) is 0 Å². The molecule has 3 aromatic carbocycles. The Labute approximate surface area is 247 Å². The average molecular weight is 617 g/mol. The molecule has 1 heterocycles. The Morgan fingerprint density at radius 3 is 2.39 bits per heavy atom. The minimum Gasteiger partial charge on any atom is -0.463 e. The quantitative estimate of drug-likeness (QED) is 0.225. The molecular weight excluding hydrogens is 590 g/mol. The van der Waals surface area contributed by atoms with Crippen LogP contribution in [0.3, 0.4) is 0 Å². The van der Waals surface area contributed by atoms with Gasteiger partial charge < -0.3 is 19.6 Å². The Kier molecular flexibility index (Phi) is 8.15. The Balaban J connectivity index is 1.64. The van der Waals surface area contributed by atoms with Crippen molar-refractivity contribution in [1.29, 1.82) is 0 Å². The third kappa shape index (κ3) is 6.41. The molecule has 4 aromatic rings. The molecule has 0 spiro atoms. The smallest absolute Gasteiger partial charge is 0.434 e. The van der Waals surface area contributed by atoms with E-state index < -0.39 is 63.9 Å². The number of aryl methyl sites for hydroxylation is 2. The van der Waals surface area contributed by atoms with Crippen molar-refractivity contribution in [2.45, 2.75) is 38.5 Å². The molecule has 2 N–H and O–H groups in total. The Morgan fingerprint density at radius 1 is 1.02 bits per heavy atom. The number of hydrogen-bond donors (Lipinski definition) is 2. The maximum absolute atomic E-state index is 16.2. The van der Waals surface area contributed by atoms with Crippen LogP contribution in [0.25, 0.3) is 11.1 Å². The number of benzene rings is 3. The normalized spacial score (nSPS) is 14.5. The van der Waals surface area contributed by atoms with Crippen LogP contribution in [0.15, 0.2) is 65.9 Å². The first-order valence-electron chi connectivity index (χ1n) is 13.5. The summed E-state index contributed by atoms with van der Waals surface area (Å²) in [6, 6.07) is 7.78. The summed E-state index contributed by atoms with van der Waals surface area (Å²) in [6.07, 6.45) is -2.10. The number of nitrogens with zero attached hydrogens (tertiary/aromatic N) is 3. The van der Waals surface area contributed by atoms with Gasteiger partial charge in [-0.15, -0.1) is 4.99 Å². The monoisotopic (exact) mass is 616 g/mol. The lowest BCUT2D eigenvalue weighted by Crippen LogP contribution is -2.31. The summed E-state index contributed by atoms with van der Waals surface area (Å²) in [5, 5.41) is 12.0. The van der Waals surface area contributed by atoms with Crippen molar-refractivity contribution in [3.05, 3.63) is 112 Å². The van der Waals surface area contributed by atoms with Gasteiger partial charge in [0, 0.05) is 25.0 Å². The largest absolute Gasteiger partial charge is 0.463 e. The van der Waals surface area contributed by atoms with Gasteiger partial charge in [-0.1, -0.05) is 18.2 Å². The van der Waals surface area contributed by atoms with Gasteiger partial charge in [0.05, 0.1) is 23.7 Å². The molecule has 230 valence electrons. The van der Waals surface area contributed by atoms with Crippen molar-refractivity contribution in [3.8, 4) is 11.1 Å². The summed E-state index contributed by atoms with van der Waals surface area (Å²) in [4.78, 5) is 28.4. The lowest BCUT2D eigenvalue weighted by Gasteiger charge is -2.21. The fraction of sp³-hybridized carbons (Fsp3) is 0.258. The van der Waals surface area contributed by atoms with Crippen LogP contribution >= 0.6 is 0 Å². The summed E-state index contributed by atoms with van der Waals surface area (Å²) >= 11 is 0. The third-order valence-corrected chi connectivity index (χ3v) is 7.47. The standard InChI is InChI=1S/C31H26F6N4O3/c1-16-11-19(5-8-25(16)33)27(18-3-4-18)38-28(42)23-13-17(15-41-10-9-40(2)29(41)39-30(43)44)12-22(26(23)34)21-7-6-20(32)14-24(21)31(35,36)37/h5-14,18,27H,3-4,15H2,1-2H3,(H,38,42)(H,43,44)/b39-29-/t27-/m0/s1. The summed E-state index contributed by atoms with van der Waals surface area (Å²) in [7, 11) is 1.52. The van der Waals surface area contributed by atoms with Gasteiger partial charge in [0.25, 0.3) is 5.91 Å². The molecule has 1 saturated carbocycles. The van der Waals surface area contributed by atoms with Gasteiger partial charge in [0.15, 0.2) is 0 Å². The van der Waals surface area contributed by atoms with E-state index in [1.54, 1.807) is 13.0 Å². The van der Waals surface area contributed by atoms with Crippen LogP contribution in [-0.4, -0.2) is 26.2 Å². The molecule has 0 unspecified atom stereocenters. The van der Waals surface area contributed by atoms with E-state index in [1.165, 1.54) is 40.7 Å². The maximum Gasteiger partial charge on any atom is 0.434 e. The molecule has 2 amide bonds. The van der Waals surface area contributed by atoms with Crippen LogP contribution < -0.4 is 10.9 Å². The zero-order valence-corrected chi connectivity index (χ0v) is 23.4. The van der Waals surface area contributed by atoms with Gasteiger partial charge in [0.2, 0.25) is 5.62 Å². The molecule has 5 rings (SSSR count). The summed E-state index contributed by atoms with van der Waals surface area (Å²) in [6.45, 7) is 1.36. The minimum atomic E-state index is -5.05. The number of aromatic nitrogens is 2. The molecule has 1 fully saturated rings. The van der Waals surface area contributed by atoms with E-state index >= 15 is 4.39 Å². The number of amides is 2. The van der Waals surface area contributed by atoms with E-state index in [0.717, 1.165) is 37.1 Å². The second-order valence-electron chi connectivity index (χ2n) is 10.7. The highest BCUT2D eigenvalue weighted by molar-refractivity contribution is 5.96. The van der Waals surface area contributed by atoms with Gasteiger partial charge in [-0.05, 0) is 78.3 Å². The molecule has 1 aliphatic carbocycles. The number of alkyl halides is 3. The summed E-state index contributed by atoms with van der Waals surface area (Å²) in [5.74, 6) is -3.82. The van der Waals surface area contributed by atoms with Crippen molar-refractivity contribution in [3.63, 3.8) is 0 Å². The van der Waals surface area contributed by atoms with Crippen LogP contribution in [0.2, 0.25) is 0 Å². The lowest BCUT2D eigenvalue weighted by atomic mass is 9.93. The van der Waals surface area contributed by atoms with Gasteiger partial charge in [-0.2, -0.15) is 13.2 Å². The molecular formula is C31H26F6N4O3. The van der Waals surface area contributed by atoms with Crippen LogP contribution in [0.4, 0.5) is 31.1 Å². The van der Waals surface area contributed by atoms with Crippen LogP contribution in [-0.2, 0) is 19.8 Å². The highest BCUT2D eigenvalue weighted by Gasteiger charge is 2.37. The number of carbonyl (C=O) groups is 2. The topological polar surface area (TPSA) is 88.6 Å². The predicted octanol–water partition coefficient (Wildman–Crippen LogP) is 6.75. The van der Waals surface area contributed by atoms with Crippen molar-refractivity contribution < 1.29 is 41.0 Å². The van der Waals surface area contributed by atoms with E-state index in [-0.39, 0.29) is 29.7 Å².